The van der Waals surface area contributed by atoms with Gasteiger partial charge in [0.25, 0.3) is 5.92 Å². The van der Waals surface area contributed by atoms with Gasteiger partial charge in [0.1, 0.15) is 6.04 Å². The number of hydrogen-bond acceptors (Lipinski definition) is 3. The Bertz CT molecular complexity index is 257. The van der Waals surface area contributed by atoms with Crippen LogP contribution in [0.1, 0.15) is 13.3 Å². The molecule has 2 aliphatic rings. The van der Waals surface area contributed by atoms with Crippen molar-refractivity contribution in [3.8, 4) is 0 Å². The summed E-state index contributed by atoms with van der Waals surface area (Å²) in [6.45, 7) is 2.12. The molecule has 0 bridgehead atoms. The second-order valence-electron chi connectivity index (χ2n) is 3.60. The van der Waals surface area contributed by atoms with Crippen LogP contribution in [0.4, 0.5) is 8.78 Å². The number of alkyl halides is 2. The molecule has 2 atom stereocenters. The predicted molar refractivity (Wildman–Crippen MR) is 40.4 cm³/mol. The lowest BCUT2D eigenvalue weighted by atomic mass is 9.87. The number of carbonyl (C=O) groups is 1. The van der Waals surface area contributed by atoms with Gasteiger partial charge in [-0.25, -0.2) is 8.78 Å². The van der Waals surface area contributed by atoms with Crippen molar-refractivity contribution >= 4 is 5.97 Å². The van der Waals surface area contributed by atoms with Crippen LogP contribution in [0.3, 0.4) is 0 Å². The van der Waals surface area contributed by atoms with E-state index in [0.717, 1.165) is 0 Å². The lowest BCUT2D eigenvalue weighted by molar-refractivity contribution is -0.153. The molecule has 3 nitrogen and oxygen atoms in total. The summed E-state index contributed by atoms with van der Waals surface area (Å²) >= 11 is 0. The molecule has 0 radical (unpaired) electrons. The van der Waals surface area contributed by atoms with Crippen molar-refractivity contribution in [2.75, 3.05) is 13.2 Å². The zero-order valence-electron chi connectivity index (χ0n) is 7.27. The molecule has 0 amide bonds. The molecule has 1 aliphatic heterocycles. The normalized spacial score (nSPS) is 39.8. The third kappa shape index (κ3) is 0.995. The third-order valence-electron chi connectivity index (χ3n) is 2.84. The van der Waals surface area contributed by atoms with Crippen LogP contribution in [0.15, 0.2) is 0 Å². The standard InChI is InChI=1S/C8H11F2NO2/c1-2-13-6(12)5-7(4-11-5)3-8(7,9)10/h5,11H,2-4H2,1H3. The molecule has 0 aromatic heterocycles. The van der Waals surface area contributed by atoms with E-state index in [0.29, 0.717) is 0 Å². The van der Waals surface area contributed by atoms with Gasteiger partial charge >= 0.3 is 5.97 Å². The monoisotopic (exact) mass is 191 g/mol. The van der Waals surface area contributed by atoms with E-state index < -0.39 is 23.3 Å². The number of ether oxygens (including phenoxy) is 1. The fourth-order valence-corrected chi connectivity index (χ4v) is 1.84. The highest BCUT2D eigenvalue weighted by molar-refractivity contribution is 5.79. The van der Waals surface area contributed by atoms with Crippen LogP contribution in [0, 0.1) is 5.41 Å². The molecule has 1 heterocycles. The molecule has 2 unspecified atom stereocenters. The molecule has 1 saturated carbocycles. The summed E-state index contributed by atoms with van der Waals surface area (Å²) in [5, 5.41) is 2.68. The molecule has 1 N–H and O–H groups in total. The minimum atomic E-state index is -2.67. The van der Waals surface area contributed by atoms with Crippen molar-refractivity contribution in [2.45, 2.75) is 25.3 Å². The van der Waals surface area contributed by atoms with Crippen molar-refractivity contribution in [1.29, 1.82) is 0 Å². The van der Waals surface area contributed by atoms with Gasteiger partial charge in [0.15, 0.2) is 0 Å². The van der Waals surface area contributed by atoms with Crippen molar-refractivity contribution in [3.05, 3.63) is 0 Å². The first-order chi connectivity index (χ1) is 6.03. The van der Waals surface area contributed by atoms with Crippen molar-refractivity contribution < 1.29 is 18.3 Å². The average molecular weight is 191 g/mol. The number of nitrogens with one attached hydrogen (secondary N) is 1. The highest BCUT2D eigenvalue weighted by atomic mass is 19.3. The maximum atomic E-state index is 12.8. The van der Waals surface area contributed by atoms with E-state index in [4.69, 9.17) is 0 Å². The van der Waals surface area contributed by atoms with Gasteiger partial charge in [-0.3, -0.25) is 4.79 Å². The van der Waals surface area contributed by atoms with Crippen molar-refractivity contribution in [2.24, 2.45) is 5.41 Å². The van der Waals surface area contributed by atoms with Crippen LogP contribution >= 0.6 is 0 Å². The molecule has 5 heteroatoms. The first-order valence-corrected chi connectivity index (χ1v) is 4.31. The van der Waals surface area contributed by atoms with E-state index in [2.05, 4.69) is 10.1 Å². The zero-order valence-corrected chi connectivity index (χ0v) is 7.27. The number of hydrogen-bond donors (Lipinski definition) is 1. The van der Waals surface area contributed by atoms with Crippen LogP contribution in [-0.4, -0.2) is 31.1 Å². The molecular formula is C8H11F2NO2. The number of carbonyl (C=O) groups excluding carboxylic acids is 1. The second-order valence-corrected chi connectivity index (χ2v) is 3.60. The van der Waals surface area contributed by atoms with E-state index in [1.54, 1.807) is 6.92 Å². The summed E-state index contributed by atoms with van der Waals surface area (Å²) in [6, 6.07) is -0.789. The Morgan fingerprint density at radius 3 is 2.62 bits per heavy atom. The minimum absolute atomic E-state index is 0.184. The van der Waals surface area contributed by atoms with Gasteiger partial charge in [-0.2, -0.15) is 0 Å². The van der Waals surface area contributed by atoms with E-state index in [1.807, 2.05) is 0 Å². The van der Waals surface area contributed by atoms with Crippen molar-refractivity contribution in [1.82, 2.24) is 5.32 Å². The first kappa shape index (κ1) is 8.87. The molecule has 0 aromatic carbocycles. The number of rotatable bonds is 2. The predicted octanol–water partition coefficient (Wildman–Crippen LogP) is 0.547. The topological polar surface area (TPSA) is 38.3 Å². The highest BCUT2D eigenvalue weighted by Crippen LogP contribution is 2.65. The third-order valence-corrected chi connectivity index (χ3v) is 2.84. The Morgan fingerprint density at radius 1 is 1.69 bits per heavy atom. The van der Waals surface area contributed by atoms with Crippen LogP contribution in [0.2, 0.25) is 0 Å². The van der Waals surface area contributed by atoms with Crippen LogP contribution in [0.25, 0.3) is 0 Å². The molecule has 1 saturated heterocycles. The summed E-state index contributed by atoms with van der Waals surface area (Å²) in [7, 11) is 0. The van der Waals surface area contributed by atoms with Gasteiger partial charge < -0.3 is 10.1 Å². The smallest absolute Gasteiger partial charge is 0.323 e. The molecule has 74 valence electrons. The van der Waals surface area contributed by atoms with Crippen LogP contribution in [-0.2, 0) is 9.53 Å². The van der Waals surface area contributed by atoms with Crippen molar-refractivity contribution in [3.63, 3.8) is 0 Å². The molecule has 13 heavy (non-hydrogen) atoms. The quantitative estimate of drug-likeness (QED) is 0.647. The van der Waals surface area contributed by atoms with Gasteiger partial charge in [0, 0.05) is 13.0 Å². The van der Waals surface area contributed by atoms with E-state index in [9.17, 15) is 13.6 Å². The highest BCUT2D eigenvalue weighted by Gasteiger charge is 2.80. The van der Waals surface area contributed by atoms with Gasteiger partial charge in [0.2, 0.25) is 0 Å². The molecule has 2 fully saturated rings. The Balaban J connectivity index is 2.00. The first-order valence-electron chi connectivity index (χ1n) is 4.31. The van der Waals surface area contributed by atoms with Crippen LogP contribution < -0.4 is 5.32 Å². The Morgan fingerprint density at radius 2 is 2.31 bits per heavy atom. The SMILES string of the molecule is CCOC(=O)C1NCC12CC2(F)F. The number of esters is 1. The minimum Gasteiger partial charge on any atom is -0.465 e. The van der Waals surface area contributed by atoms with Gasteiger partial charge in [-0.15, -0.1) is 0 Å². The average Bonchev–Trinajstić information content (AvgIpc) is 2.55. The van der Waals surface area contributed by atoms with E-state index in [-0.39, 0.29) is 19.6 Å². The van der Waals surface area contributed by atoms with Gasteiger partial charge in [-0.05, 0) is 6.92 Å². The van der Waals surface area contributed by atoms with Gasteiger partial charge in [0.05, 0.1) is 12.0 Å². The zero-order chi connectivity index (χ0) is 9.69. The van der Waals surface area contributed by atoms with Gasteiger partial charge in [-0.1, -0.05) is 0 Å². The lowest BCUT2D eigenvalue weighted by Crippen LogP contribution is -2.62. The molecular weight excluding hydrogens is 180 g/mol. The molecule has 1 spiro atoms. The number of halogens is 2. The lowest BCUT2D eigenvalue weighted by Gasteiger charge is -2.36. The maximum Gasteiger partial charge on any atom is 0.323 e. The summed E-state index contributed by atoms with van der Waals surface area (Å²) in [6.07, 6.45) is -0.184. The molecule has 2 rings (SSSR count). The fourth-order valence-electron chi connectivity index (χ4n) is 1.84. The summed E-state index contributed by atoms with van der Waals surface area (Å²) in [5.74, 6) is -3.22. The summed E-state index contributed by atoms with van der Waals surface area (Å²) in [4.78, 5) is 11.2. The fraction of sp³-hybridized carbons (Fsp3) is 0.875. The second kappa shape index (κ2) is 2.41. The largest absolute Gasteiger partial charge is 0.465 e. The summed E-state index contributed by atoms with van der Waals surface area (Å²) in [5.41, 5.74) is -1.11. The Kier molecular flexibility index (Phi) is 1.64. The van der Waals surface area contributed by atoms with E-state index in [1.165, 1.54) is 0 Å². The molecule has 1 aliphatic carbocycles. The van der Waals surface area contributed by atoms with E-state index >= 15 is 0 Å². The maximum absolute atomic E-state index is 12.8. The Hall–Kier alpha value is -0.710. The summed E-state index contributed by atoms with van der Waals surface area (Å²) < 4.78 is 30.4. The molecule has 0 aromatic rings. The van der Waals surface area contributed by atoms with Crippen LogP contribution in [0.5, 0.6) is 0 Å². The Labute approximate surface area is 74.4 Å².